The fourth-order valence-electron chi connectivity index (χ4n) is 14.0. The van der Waals surface area contributed by atoms with Crippen molar-refractivity contribution in [1.82, 2.24) is 19.8 Å². The maximum Gasteiger partial charge on any atom is 0.407 e. The number of benzene rings is 3. The third kappa shape index (κ3) is 12.9. The van der Waals surface area contributed by atoms with Crippen molar-refractivity contribution in [2.45, 2.75) is 185 Å². The molecule has 3 heterocycles. The summed E-state index contributed by atoms with van der Waals surface area (Å²) in [4.78, 5) is 127. The summed E-state index contributed by atoms with van der Waals surface area (Å²) >= 11 is 0. The minimum Gasteiger partial charge on any atom is -0.456 e. The van der Waals surface area contributed by atoms with Gasteiger partial charge < -0.3 is 64.2 Å². The minimum absolute atomic E-state index is 0.0116. The van der Waals surface area contributed by atoms with E-state index in [1.54, 1.807) is 85.8 Å². The van der Waals surface area contributed by atoms with E-state index in [2.05, 4.69) is 10.6 Å². The van der Waals surface area contributed by atoms with Crippen molar-refractivity contribution in [3.8, 4) is 0 Å². The van der Waals surface area contributed by atoms with Crippen LogP contribution in [0.3, 0.4) is 0 Å². The van der Waals surface area contributed by atoms with Crippen molar-refractivity contribution in [3.05, 3.63) is 151 Å². The van der Waals surface area contributed by atoms with Crippen molar-refractivity contribution >= 4 is 41.7 Å². The molecule has 484 valence electrons. The summed E-state index contributed by atoms with van der Waals surface area (Å²) in [6.45, 7) is 9.21. The Morgan fingerprint density at radius 1 is 0.778 bits per heavy atom. The van der Waals surface area contributed by atoms with Crippen LogP contribution in [0.15, 0.2) is 118 Å². The predicted molar refractivity (Wildman–Crippen MR) is 319 cm³/mol. The van der Waals surface area contributed by atoms with Gasteiger partial charge in [-0.05, 0) is 74.6 Å². The first-order valence-corrected chi connectivity index (χ1v) is 30.5. The number of unbranched alkanes of at least 4 members (excludes halogenated alkanes) is 5. The molecule has 5 aliphatic rings. The largest absolute Gasteiger partial charge is 0.456 e. The standard InChI is InChI=1S/C66H80N4O20/c1-37-34-70(49-31-44(74)46(35-71)86-49)62(82)69(58(37)78)30-22-11-9-8-10-21-29-67-61(81)88-47-32-48-65(36-84-48,90-40(4)73)54-56(89-59(79)43-27-19-14-20-28-43)66(83)33-45(38(2)50(63(66,5)6)53(85-39(3)72)55(76)64(47,54)7)87-60(80)52(75)51(41-23-15-12-16-24-41)68-57(77)42-25-17-13-18-26-42/h12-20,23-28,34,44-49,51-54,56,71,74-75,83H,8-11,21-22,29-33,35-36H2,1-7H3,(H,67,81)(H,68,77)/t44?,45-,46-,47-,48+,49-,51-,52+,53+,54-,56-,64?,65-,66+/m0/s1. The molecule has 14 atom stereocenters. The molecule has 3 aliphatic carbocycles. The number of carbonyl (C=O) groups is 7. The average Bonchev–Trinajstić information content (AvgIpc) is 0.710. The van der Waals surface area contributed by atoms with E-state index in [0.29, 0.717) is 43.2 Å². The molecule has 2 unspecified atom stereocenters. The third-order valence-electron chi connectivity index (χ3n) is 18.8. The number of nitrogens with one attached hydrogen (secondary N) is 2. The minimum atomic E-state index is -2.52. The second kappa shape index (κ2) is 27.3. The summed E-state index contributed by atoms with van der Waals surface area (Å²) in [5.41, 5.74) is -8.52. The number of esters is 4. The van der Waals surface area contributed by atoms with Crippen LogP contribution in [-0.2, 0) is 58.9 Å². The number of hydrogen-bond acceptors (Lipinski definition) is 20. The van der Waals surface area contributed by atoms with Crippen LogP contribution in [-0.4, -0.2) is 151 Å². The smallest absolute Gasteiger partial charge is 0.407 e. The number of aromatic nitrogens is 2. The monoisotopic (exact) mass is 1250 g/mol. The van der Waals surface area contributed by atoms with Gasteiger partial charge in [-0.1, -0.05) is 106 Å². The van der Waals surface area contributed by atoms with E-state index in [1.807, 2.05) is 0 Å². The third-order valence-corrected chi connectivity index (χ3v) is 18.8. The number of carbonyl (C=O) groups excluding carboxylic acids is 7. The second-order valence-corrected chi connectivity index (χ2v) is 24.9. The van der Waals surface area contributed by atoms with Crippen LogP contribution in [0, 0.1) is 23.7 Å². The number of fused-ring (bicyclic) bond motifs is 5. The molecule has 9 rings (SSSR count). The Morgan fingerprint density at radius 2 is 1.40 bits per heavy atom. The number of Topliss-reactive ketones (excluding diaryl/α,β-unsaturated/α-hetero) is 1. The topological polar surface area (TPSA) is 333 Å². The summed E-state index contributed by atoms with van der Waals surface area (Å²) in [7, 11) is 0. The Bertz CT molecular complexity index is 3480. The lowest BCUT2D eigenvalue weighted by molar-refractivity contribution is -0.345. The lowest BCUT2D eigenvalue weighted by Crippen LogP contribution is -2.82. The molecule has 2 amide bonds. The van der Waals surface area contributed by atoms with Gasteiger partial charge in [-0.3, -0.25) is 33.1 Å². The predicted octanol–water partition coefficient (Wildman–Crippen LogP) is 4.78. The van der Waals surface area contributed by atoms with Gasteiger partial charge in [0.25, 0.3) is 11.5 Å². The maximum absolute atomic E-state index is 16.4. The van der Waals surface area contributed by atoms with Crippen molar-refractivity contribution in [1.29, 1.82) is 0 Å². The Hall–Kier alpha value is -7.87. The molecule has 2 bridgehead atoms. The van der Waals surface area contributed by atoms with Crippen molar-refractivity contribution in [3.63, 3.8) is 0 Å². The molecular formula is C66H80N4O20. The molecule has 4 fully saturated rings. The zero-order valence-electron chi connectivity index (χ0n) is 51.5. The molecule has 3 aromatic carbocycles. The molecule has 2 aliphatic heterocycles. The van der Waals surface area contributed by atoms with Crippen molar-refractivity contribution < 1.29 is 87.1 Å². The van der Waals surface area contributed by atoms with Gasteiger partial charge in [0.15, 0.2) is 23.6 Å². The number of ether oxygens (including phenoxy) is 7. The van der Waals surface area contributed by atoms with Crippen molar-refractivity contribution in [2.75, 3.05) is 19.8 Å². The lowest BCUT2D eigenvalue weighted by Gasteiger charge is -2.67. The number of aliphatic hydroxyl groups excluding tert-OH is 3. The maximum atomic E-state index is 16.4. The highest BCUT2D eigenvalue weighted by Crippen LogP contribution is 2.65. The van der Waals surface area contributed by atoms with Gasteiger partial charge in [0.2, 0.25) is 0 Å². The number of nitrogens with zero attached hydrogens (tertiary/aromatic N) is 2. The summed E-state index contributed by atoms with van der Waals surface area (Å²) in [5, 5.41) is 51.5. The molecule has 1 aromatic heterocycles. The molecule has 24 heteroatoms. The molecule has 0 spiro atoms. The van der Waals surface area contributed by atoms with Crippen LogP contribution in [0.25, 0.3) is 0 Å². The molecule has 2 saturated carbocycles. The van der Waals surface area contributed by atoms with Gasteiger partial charge in [-0.25, -0.2) is 19.2 Å². The molecule has 0 radical (unpaired) electrons. The fraction of sp³-hybridized carbons (Fsp3) is 0.530. The second-order valence-electron chi connectivity index (χ2n) is 24.9. The lowest BCUT2D eigenvalue weighted by atomic mass is 9.44. The number of aryl methyl sites for hydroxylation is 1. The van der Waals surface area contributed by atoms with E-state index in [1.165, 1.54) is 50.6 Å². The summed E-state index contributed by atoms with van der Waals surface area (Å²) in [6, 6.07) is 22.6. The number of alkyl carbamates (subject to hydrolysis) is 1. The van der Waals surface area contributed by atoms with Gasteiger partial charge in [0, 0.05) is 68.9 Å². The van der Waals surface area contributed by atoms with E-state index in [4.69, 9.17) is 33.2 Å². The molecule has 24 nitrogen and oxygen atoms in total. The van der Waals surface area contributed by atoms with E-state index >= 15 is 4.79 Å². The summed E-state index contributed by atoms with van der Waals surface area (Å²) in [5.74, 6) is -7.31. The fourth-order valence-corrected chi connectivity index (χ4v) is 14.0. The van der Waals surface area contributed by atoms with Gasteiger partial charge >= 0.3 is 35.7 Å². The number of amides is 2. The van der Waals surface area contributed by atoms with E-state index in [0.717, 1.165) is 24.8 Å². The van der Waals surface area contributed by atoms with E-state index < -0.39 is 162 Å². The number of aliphatic hydroxyl groups is 4. The van der Waals surface area contributed by atoms with Crippen LogP contribution >= 0.6 is 0 Å². The Kier molecular flexibility index (Phi) is 20.2. The molecule has 2 saturated heterocycles. The molecule has 6 N–H and O–H groups in total. The normalized spacial score (nSPS) is 28.9. The van der Waals surface area contributed by atoms with Crippen LogP contribution in [0.5, 0.6) is 0 Å². The number of rotatable bonds is 22. The average molecular weight is 1250 g/mol. The highest BCUT2D eigenvalue weighted by molar-refractivity contribution is 5.96. The van der Waals surface area contributed by atoms with Crippen LogP contribution < -0.4 is 21.9 Å². The summed E-state index contributed by atoms with van der Waals surface area (Å²) in [6.07, 6.45) is -9.63. The van der Waals surface area contributed by atoms with Gasteiger partial charge in [0.1, 0.15) is 42.3 Å². The first-order valence-electron chi connectivity index (χ1n) is 30.5. The van der Waals surface area contributed by atoms with Crippen LogP contribution in [0.2, 0.25) is 0 Å². The SMILES string of the molecule is CC(=O)O[C@H]1C(=O)C2(C)[C@@H](OC(=O)NCCCCCCCCn3c(=O)c(C)cn([C@@H]4CC(O)[C@H](CO)O4)c3=O)C[C@H]3OC[C@@]3(OC(C)=O)[C@H]2[C@H](OC(=O)c2ccccc2)[C@]2(O)C[C@H](OC(=O)[C@H](O)[C@@H](NC(=O)c3ccccc3)c3ccccc3)C(C)=C1C2(C)C. The quantitative estimate of drug-likeness (QED) is 0.0267. The van der Waals surface area contributed by atoms with Crippen molar-refractivity contribution in [2.24, 2.45) is 16.7 Å². The van der Waals surface area contributed by atoms with Gasteiger partial charge in [-0.15, -0.1) is 0 Å². The zero-order valence-corrected chi connectivity index (χ0v) is 51.5. The van der Waals surface area contributed by atoms with E-state index in [-0.39, 0.29) is 48.2 Å². The van der Waals surface area contributed by atoms with Crippen LogP contribution in [0.4, 0.5) is 4.79 Å². The number of ketones is 1. The van der Waals surface area contributed by atoms with Crippen LogP contribution in [0.1, 0.15) is 143 Å². The van der Waals surface area contributed by atoms with Gasteiger partial charge in [-0.2, -0.15) is 0 Å². The first-order chi connectivity index (χ1) is 42.8. The molecule has 90 heavy (non-hydrogen) atoms. The highest BCUT2D eigenvalue weighted by Gasteiger charge is 2.79. The molecule has 4 aromatic rings. The highest BCUT2D eigenvalue weighted by atomic mass is 16.6. The van der Waals surface area contributed by atoms with E-state index in [9.17, 15) is 58.8 Å². The number of hydrogen-bond donors (Lipinski definition) is 6. The first kappa shape index (κ1) is 66.5. The zero-order chi connectivity index (χ0) is 65.0. The van der Waals surface area contributed by atoms with Gasteiger partial charge in [0.05, 0.1) is 42.3 Å². The Morgan fingerprint density at radius 3 is 2.00 bits per heavy atom. The Balaban J connectivity index is 0.989. The summed E-state index contributed by atoms with van der Waals surface area (Å²) < 4.78 is 45.7. The molecular weight excluding hydrogens is 1170 g/mol. The Labute approximate surface area is 519 Å².